The molecule has 10 nitrogen and oxygen atoms in total. The summed E-state index contributed by atoms with van der Waals surface area (Å²) in [6, 6.07) is 6.63. The molecule has 2 atom stereocenters. The van der Waals surface area contributed by atoms with Crippen LogP contribution < -0.4 is 16.0 Å². The average molecular weight is 798 g/mol. The molecule has 0 unspecified atom stereocenters. The maximum Gasteiger partial charge on any atom is 0.327 e. The second-order valence-corrected chi connectivity index (χ2v) is 16.3. The third kappa shape index (κ3) is 25.0. The van der Waals surface area contributed by atoms with Gasteiger partial charge in [0.25, 0.3) is 0 Å². The zero-order chi connectivity index (χ0) is 40.6. The van der Waals surface area contributed by atoms with Crippen molar-refractivity contribution in [3.8, 4) is 0 Å². The monoisotopic (exact) mass is 797 g/mol. The van der Waals surface area contributed by atoms with Crippen LogP contribution in [0.4, 0.5) is 0 Å². The van der Waals surface area contributed by atoms with E-state index in [4.69, 9.17) is 0 Å². The van der Waals surface area contributed by atoms with Crippen molar-refractivity contribution in [1.29, 1.82) is 0 Å². The summed E-state index contributed by atoms with van der Waals surface area (Å²) in [5, 5.41) is 36.7. The molecule has 12 heteroatoms. The smallest absolute Gasteiger partial charge is 0.327 e. The second-order valence-electron chi connectivity index (χ2n) is 13.3. The van der Waals surface area contributed by atoms with E-state index in [1.54, 1.807) is 13.8 Å². The molecule has 304 valence electrons. The summed E-state index contributed by atoms with van der Waals surface area (Å²) in [5.74, 6) is -2.45. The number of carbonyl (C=O) groups excluding carboxylic acids is 3. The van der Waals surface area contributed by atoms with Crippen LogP contribution in [0.1, 0.15) is 90.5 Å². The molecule has 0 bridgehead atoms. The molecule has 1 aromatic rings. The molecule has 0 fully saturated rings. The Morgan fingerprint density at radius 1 is 0.709 bits per heavy atom. The predicted molar refractivity (Wildman–Crippen MR) is 229 cm³/mol. The normalized spacial score (nSPS) is 13.6. The SMILES string of the molecule is CC/C=C\C/C=C\C/C=C\C/C=C\C/C=C\C/C=C\CCC(=O)N[C@@H](CSSC(C)(C)[C@H](NC(=O)CCCc1ccccc1)C(=O)NC(CO)CO)C(=O)O. The van der Waals surface area contributed by atoms with E-state index in [1.165, 1.54) is 21.6 Å². The van der Waals surface area contributed by atoms with E-state index in [-0.39, 0.29) is 30.4 Å². The van der Waals surface area contributed by atoms with Gasteiger partial charge in [0.05, 0.1) is 19.3 Å². The Hall–Kier alpha value is -3.84. The van der Waals surface area contributed by atoms with E-state index >= 15 is 0 Å². The molecule has 0 spiro atoms. The fraction of sp³-hybridized carbons (Fsp3) is 0.488. The molecule has 1 aromatic carbocycles. The zero-order valence-corrected chi connectivity index (χ0v) is 34.4. The zero-order valence-electron chi connectivity index (χ0n) is 32.7. The molecule has 0 saturated heterocycles. The number of carboxylic acids is 1. The lowest BCUT2D eigenvalue weighted by Gasteiger charge is -2.34. The minimum Gasteiger partial charge on any atom is -0.480 e. The van der Waals surface area contributed by atoms with E-state index in [2.05, 4.69) is 83.6 Å². The molecular weight excluding hydrogens is 735 g/mol. The molecular formula is C43H63N3O7S2. The van der Waals surface area contributed by atoms with Crippen molar-refractivity contribution in [2.75, 3.05) is 19.0 Å². The Bertz CT molecular complexity index is 1420. The van der Waals surface area contributed by atoms with Crippen LogP contribution in [0.25, 0.3) is 0 Å². The molecule has 1 rings (SSSR count). The lowest BCUT2D eigenvalue weighted by molar-refractivity contribution is -0.141. The molecule has 3 amide bonds. The molecule has 55 heavy (non-hydrogen) atoms. The summed E-state index contributed by atoms with van der Waals surface area (Å²) in [6.07, 6.45) is 32.9. The number of allylic oxidation sites excluding steroid dienone is 12. The topological polar surface area (TPSA) is 165 Å². The molecule has 0 aromatic heterocycles. The van der Waals surface area contributed by atoms with Gasteiger partial charge in [-0.2, -0.15) is 0 Å². The lowest BCUT2D eigenvalue weighted by Crippen LogP contribution is -2.58. The first-order valence-electron chi connectivity index (χ1n) is 19.1. The van der Waals surface area contributed by atoms with Crippen LogP contribution >= 0.6 is 21.6 Å². The van der Waals surface area contributed by atoms with Crippen LogP contribution in [0.5, 0.6) is 0 Å². The van der Waals surface area contributed by atoms with Gasteiger partial charge >= 0.3 is 5.97 Å². The highest BCUT2D eigenvalue weighted by Gasteiger charge is 2.38. The summed E-state index contributed by atoms with van der Waals surface area (Å²) in [7, 11) is 2.37. The van der Waals surface area contributed by atoms with Crippen LogP contribution in [0, 0.1) is 0 Å². The maximum absolute atomic E-state index is 13.3. The number of carboxylic acid groups (broad SMARTS) is 1. The number of aliphatic hydroxyl groups is 2. The Morgan fingerprint density at radius 2 is 1.22 bits per heavy atom. The highest BCUT2D eigenvalue weighted by atomic mass is 33.1. The second kappa shape index (κ2) is 31.4. The lowest BCUT2D eigenvalue weighted by atomic mass is 10.0. The fourth-order valence-electron chi connectivity index (χ4n) is 4.92. The minimum atomic E-state index is -1.18. The van der Waals surface area contributed by atoms with Gasteiger partial charge in [0, 0.05) is 23.3 Å². The van der Waals surface area contributed by atoms with Crippen molar-refractivity contribution in [2.24, 2.45) is 0 Å². The van der Waals surface area contributed by atoms with E-state index in [9.17, 15) is 34.5 Å². The molecule has 0 radical (unpaired) electrons. The summed E-state index contributed by atoms with van der Waals surface area (Å²) in [4.78, 5) is 50.7. The van der Waals surface area contributed by atoms with Crippen molar-refractivity contribution in [3.05, 3.63) is 109 Å². The van der Waals surface area contributed by atoms with Crippen LogP contribution in [-0.4, -0.2) is 80.8 Å². The first-order valence-corrected chi connectivity index (χ1v) is 21.4. The largest absolute Gasteiger partial charge is 0.480 e. The van der Waals surface area contributed by atoms with E-state index < -0.39 is 48.0 Å². The Kier molecular flexibility index (Phi) is 28.1. The first kappa shape index (κ1) is 49.2. The summed E-state index contributed by atoms with van der Waals surface area (Å²) >= 11 is 0. The fourth-order valence-corrected chi connectivity index (χ4v) is 7.73. The van der Waals surface area contributed by atoms with E-state index in [1.807, 2.05) is 42.5 Å². The number of hydrogen-bond donors (Lipinski definition) is 6. The molecule has 0 heterocycles. The molecule has 0 aliphatic carbocycles. The van der Waals surface area contributed by atoms with Gasteiger partial charge in [-0.1, -0.05) is 132 Å². The van der Waals surface area contributed by atoms with Crippen molar-refractivity contribution in [2.45, 2.75) is 114 Å². The molecule has 6 N–H and O–H groups in total. The van der Waals surface area contributed by atoms with Crippen molar-refractivity contribution < 1.29 is 34.5 Å². The summed E-state index contributed by atoms with van der Waals surface area (Å²) < 4.78 is -0.942. The molecule has 0 aliphatic rings. The van der Waals surface area contributed by atoms with Crippen LogP contribution in [0.2, 0.25) is 0 Å². The number of carbonyl (C=O) groups is 4. The van der Waals surface area contributed by atoms with Crippen molar-refractivity contribution in [3.63, 3.8) is 0 Å². The van der Waals surface area contributed by atoms with Gasteiger partial charge in [-0.25, -0.2) is 4.79 Å². The van der Waals surface area contributed by atoms with E-state index in [0.29, 0.717) is 19.3 Å². The van der Waals surface area contributed by atoms with Gasteiger partial charge < -0.3 is 31.3 Å². The van der Waals surface area contributed by atoms with Crippen LogP contribution in [0.3, 0.4) is 0 Å². The average Bonchev–Trinajstić information content (AvgIpc) is 3.16. The van der Waals surface area contributed by atoms with Gasteiger partial charge in [0.2, 0.25) is 17.7 Å². The summed E-state index contributed by atoms with van der Waals surface area (Å²) in [5.41, 5.74) is 1.10. The van der Waals surface area contributed by atoms with Gasteiger partial charge in [-0.15, -0.1) is 0 Å². The van der Waals surface area contributed by atoms with Gasteiger partial charge in [0.1, 0.15) is 12.1 Å². The number of amides is 3. The van der Waals surface area contributed by atoms with E-state index in [0.717, 1.165) is 44.1 Å². The number of aliphatic hydroxyl groups excluding tert-OH is 2. The summed E-state index contributed by atoms with van der Waals surface area (Å²) in [6.45, 7) is 4.65. The number of nitrogens with one attached hydrogen (secondary N) is 3. The van der Waals surface area contributed by atoms with Crippen LogP contribution in [-0.2, 0) is 25.6 Å². The Morgan fingerprint density at radius 3 is 1.73 bits per heavy atom. The third-order valence-corrected chi connectivity index (χ3v) is 11.3. The Balaban J connectivity index is 2.51. The minimum absolute atomic E-state index is 0.0182. The third-order valence-electron chi connectivity index (χ3n) is 8.04. The van der Waals surface area contributed by atoms with Gasteiger partial charge in [-0.3, -0.25) is 14.4 Å². The number of aryl methyl sites for hydroxylation is 1. The molecule has 0 aliphatic heterocycles. The first-order chi connectivity index (χ1) is 26.5. The number of aliphatic carboxylic acids is 1. The Labute approximate surface area is 336 Å². The highest BCUT2D eigenvalue weighted by molar-refractivity contribution is 8.77. The standard InChI is InChI=1S/C43H63N3O7S2/c1-4-5-6-7-8-9-10-11-12-13-14-15-16-17-18-19-20-21-25-30-38(49)45-37(42(52)53)34-54-55-43(2,3)40(41(51)44-36(32-47)33-48)46-39(50)31-26-29-35-27-23-22-24-28-35/h5-6,8-9,11-12,14-15,17-18,20-24,27-28,36-37,40,47-48H,4,7,10,13,16,19,25-26,29-34H2,1-3H3,(H,44,51)(H,45,49)(H,46,50)(H,52,53)/b6-5-,9-8-,12-11-,15-14-,18-17-,21-20-/t37-,40+/m0/s1. The van der Waals surface area contributed by atoms with Crippen LogP contribution in [0.15, 0.2) is 103 Å². The van der Waals surface area contributed by atoms with Gasteiger partial charge in [-0.05, 0) is 77.2 Å². The van der Waals surface area contributed by atoms with Crippen molar-refractivity contribution >= 4 is 45.3 Å². The van der Waals surface area contributed by atoms with Crippen molar-refractivity contribution in [1.82, 2.24) is 16.0 Å². The maximum atomic E-state index is 13.3. The number of rotatable bonds is 30. The highest BCUT2D eigenvalue weighted by Crippen LogP contribution is 2.38. The quantitative estimate of drug-likeness (QED) is 0.0350. The predicted octanol–water partition coefficient (Wildman–Crippen LogP) is 7.17. The molecule has 0 saturated carbocycles. The van der Waals surface area contributed by atoms with Gasteiger partial charge in [0.15, 0.2) is 0 Å². The number of hydrogen-bond acceptors (Lipinski definition) is 8. The number of benzene rings is 1.